The number of hydrogen-bond donors (Lipinski definition) is 0. The fourth-order valence-electron chi connectivity index (χ4n) is 1.11. The van der Waals surface area contributed by atoms with Crippen LogP contribution in [0.25, 0.3) is 0 Å². The van der Waals surface area contributed by atoms with E-state index < -0.39 is 33.7 Å². The Kier molecular flexibility index (Phi) is 4.63. The van der Waals surface area contributed by atoms with Crippen LogP contribution in [0.15, 0.2) is 22.6 Å². The Morgan fingerprint density at radius 2 is 1.79 bits per heavy atom. The van der Waals surface area contributed by atoms with Gasteiger partial charge in [0.25, 0.3) is 0 Å². The highest BCUT2D eigenvalue weighted by atomic mass is 32.2. The molecule has 19 heavy (non-hydrogen) atoms. The average molecular weight is 295 g/mol. The number of alkyl halides is 3. The van der Waals surface area contributed by atoms with E-state index in [1.165, 1.54) is 0 Å². The molecule has 7 heteroatoms. The van der Waals surface area contributed by atoms with Gasteiger partial charge >= 0.3 is 6.18 Å². The van der Waals surface area contributed by atoms with Crippen molar-refractivity contribution in [1.82, 2.24) is 0 Å². The van der Waals surface area contributed by atoms with Crippen LogP contribution < -0.4 is 0 Å². The molecule has 0 heterocycles. The van der Waals surface area contributed by atoms with Crippen molar-refractivity contribution < 1.29 is 22.1 Å². The van der Waals surface area contributed by atoms with Crippen LogP contribution in [0.2, 0.25) is 0 Å². The molecule has 0 bridgehead atoms. The minimum atomic E-state index is -4.77. The predicted octanol–water partition coefficient (Wildman–Crippen LogP) is 3.73. The summed E-state index contributed by atoms with van der Waals surface area (Å²) in [6.45, 7) is 5.06. The third-order valence-electron chi connectivity index (χ3n) is 2.12. The van der Waals surface area contributed by atoms with Crippen LogP contribution in [0.4, 0.5) is 17.6 Å². The van der Waals surface area contributed by atoms with Gasteiger partial charge in [0, 0.05) is 0 Å². The zero-order valence-corrected chi connectivity index (χ0v) is 11.4. The van der Waals surface area contributed by atoms with Gasteiger partial charge in [0.05, 0.1) is 11.8 Å². The second-order valence-corrected chi connectivity index (χ2v) is 6.77. The lowest BCUT2D eigenvalue weighted by molar-refractivity contribution is -0.140. The lowest BCUT2D eigenvalue weighted by Crippen LogP contribution is -2.25. The Balaban J connectivity index is 3.02. The molecule has 106 valence electrons. The van der Waals surface area contributed by atoms with E-state index in [9.17, 15) is 22.1 Å². The van der Waals surface area contributed by atoms with Gasteiger partial charge in [-0.25, -0.2) is 4.39 Å². The second-order valence-electron chi connectivity index (χ2n) is 4.83. The molecule has 0 saturated carbocycles. The minimum Gasteiger partial charge on any atom is -0.591 e. The highest BCUT2D eigenvalue weighted by Crippen LogP contribution is 2.31. The molecule has 0 aromatic heterocycles. The summed E-state index contributed by atoms with van der Waals surface area (Å²) in [5.41, 5.74) is -1.32. The predicted molar refractivity (Wildman–Crippen MR) is 66.9 cm³/mol. The molecule has 0 N–H and O–H groups in total. The van der Waals surface area contributed by atoms with Gasteiger partial charge in [-0.15, -0.1) is 0 Å². The monoisotopic (exact) mass is 295 g/mol. The van der Waals surface area contributed by atoms with Crippen LogP contribution in [0.1, 0.15) is 31.9 Å². The molecule has 1 rings (SSSR count). The van der Waals surface area contributed by atoms with Gasteiger partial charge in [-0.2, -0.15) is 13.2 Å². The summed E-state index contributed by atoms with van der Waals surface area (Å²) >= 11 is -1.58. The van der Waals surface area contributed by atoms with Crippen LogP contribution in [0.5, 0.6) is 0 Å². The van der Waals surface area contributed by atoms with Crippen molar-refractivity contribution in [1.29, 1.82) is 0 Å². The largest absolute Gasteiger partial charge is 0.591 e. The zero-order chi connectivity index (χ0) is 14.8. The van der Waals surface area contributed by atoms with Crippen LogP contribution in [-0.4, -0.2) is 15.5 Å². The first-order valence-electron chi connectivity index (χ1n) is 5.34. The molecule has 1 aromatic carbocycles. The van der Waals surface area contributed by atoms with Crippen molar-refractivity contribution in [3.05, 3.63) is 35.1 Å². The minimum absolute atomic E-state index is 0.0475. The Hall–Kier alpha value is -1.08. The third-order valence-corrected chi connectivity index (χ3v) is 3.46. The van der Waals surface area contributed by atoms with E-state index in [0.717, 1.165) is 12.3 Å². The first-order valence-corrected chi connectivity index (χ1v) is 6.45. The normalized spacial score (nSPS) is 14.9. The van der Waals surface area contributed by atoms with E-state index in [-0.39, 0.29) is 5.56 Å². The van der Waals surface area contributed by atoms with Gasteiger partial charge in [0.1, 0.15) is 21.9 Å². The fraction of sp³-hybridized carbons (Fsp3) is 0.417. The summed E-state index contributed by atoms with van der Waals surface area (Å²) in [5, 5.41) is 0. The Morgan fingerprint density at radius 3 is 2.26 bits per heavy atom. The summed E-state index contributed by atoms with van der Waals surface area (Å²) in [4.78, 5) is 0. The molecule has 0 amide bonds. The number of nitrogens with zero attached hydrogens (tertiary/aromatic N) is 1. The van der Waals surface area contributed by atoms with E-state index in [1.54, 1.807) is 20.8 Å². The lowest BCUT2D eigenvalue weighted by Gasteiger charge is -2.17. The maximum absolute atomic E-state index is 13.0. The smallest absolute Gasteiger partial charge is 0.419 e. The van der Waals surface area contributed by atoms with Gasteiger partial charge in [-0.05, 0) is 38.5 Å². The maximum atomic E-state index is 13.0. The number of hydrogen-bond acceptors (Lipinski definition) is 2. The van der Waals surface area contributed by atoms with Crippen LogP contribution in [0.3, 0.4) is 0 Å². The molecule has 1 atom stereocenters. The first-order chi connectivity index (χ1) is 8.51. The maximum Gasteiger partial charge on any atom is 0.419 e. The van der Waals surface area contributed by atoms with Crippen molar-refractivity contribution in [2.75, 3.05) is 0 Å². The molecule has 0 aliphatic heterocycles. The summed E-state index contributed by atoms with van der Waals surface area (Å²) in [5.74, 6) is -1.35. The molecular weight excluding hydrogens is 282 g/mol. The van der Waals surface area contributed by atoms with Crippen molar-refractivity contribution in [2.24, 2.45) is 4.40 Å². The third kappa shape index (κ3) is 4.50. The number of rotatable bonds is 2. The Labute approximate surface area is 111 Å². The summed E-state index contributed by atoms with van der Waals surface area (Å²) in [6.07, 6.45) is -3.72. The summed E-state index contributed by atoms with van der Waals surface area (Å²) in [6, 6.07) is 2.50. The number of benzene rings is 1. The standard InChI is InChI=1S/C12H13F4NOS/c1-11(2,3)19(18)17-7-8-4-5-10(13)9(6-8)12(14,15)16/h4-7H,1-3H3/b17-7+. The highest BCUT2D eigenvalue weighted by Gasteiger charge is 2.34. The van der Waals surface area contributed by atoms with Crippen LogP contribution in [0, 0.1) is 5.82 Å². The van der Waals surface area contributed by atoms with Gasteiger partial charge < -0.3 is 4.55 Å². The average Bonchev–Trinajstić information content (AvgIpc) is 2.24. The van der Waals surface area contributed by atoms with Gasteiger partial charge in [0.15, 0.2) is 0 Å². The number of halogens is 4. The Morgan fingerprint density at radius 1 is 1.21 bits per heavy atom. The zero-order valence-electron chi connectivity index (χ0n) is 10.6. The van der Waals surface area contributed by atoms with Crippen LogP contribution in [-0.2, 0) is 17.5 Å². The van der Waals surface area contributed by atoms with E-state index in [4.69, 9.17) is 0 Å². The second kappa shape index (κ2) is 5.50. The molecule has 1 unspecified atom stereocenters. The summed E-state index contributed by atoms with van der Waals surface area (Å²) < 4.78 is 65.1. The van der Waals surface area contributed by atoms with E-state index >= 15 is 0 Å². The lowest BCUT2D eigenvalue weighted by atomic mass is 10.1. The van der Waals surface area contributed by atoms with E-state index in [2.05, 4.69) is 4.40 Å². The molecule has 2 nitrogen and oxygen atoms in total. The van der Waals surface area contributed by atoms with Crippen molar-refractivity contribution in [3.63, 3.8) is 0 Å². The molecule has 1 aromatic rings. The van der Waals surface area contributed by atoms with Crippen molar-refractivity contribution in [3.8, 4) is 0 Å². The van der Waals surface area contributed by atoms with Gasteiger partial charge in [-0.3, -0.25) is 0 Å². The topological polar surface area (TPSA) is 35.4 Å². The first kappa shape index (κ1) is 16.0. The molecule has 0 saturated heterocycles. The van der Waals surface area contributed by atoms with Crippen molar-refractivity contribution in [2.45, 2.75) is 31.7 Å². The van der Waals surface area contributed by atoms with Crippen LogP contribution >= 0.6 is 0 Å². The molecule has 0 radical (unpaired) electrons. The molecule has 0 spiro atoms. The van der Waals surface area contributed by atoms with Gasteiger partial charge in [0.2, 0.25) is 0 Å². The molecule has 0 aliphatic carbocycles. The van der Waals surface area contributed by atoms with E-state index in [1.807, 2.05) is 0 Å². The SMILES string of the molecule is CC(C)(C)[S+]([O-])/N=C/c1ccc(F)c(C(F)(F)F)c1. The van der Waals surface area contributed by atoms with Gasteiger partial charge in [-0.1, -0.05) is 10.5 Å². The molecule has 0 fully saturated rings. The molecule has 0 aliphatic rings. The summed E-state index contributed by atoms with van der Waals surface area (Å²) in [7, 11) is 0. The quantitative estimate of drug-likeness (QED) is 0.465. The fourth-order valence-corrected chi connectivity index (χ4v) is 1.64. The van der Waals surface area contributed by atoms with E-state index in [0.29, 0.717) is 12.1 Å². The molecular formula is C12H13F4NOS. The van der Waals surface area contributed by atoms with Crippen molar-refractivity contribution >= 4 is 17.6 Å². The Bertz CT molecular complexity index is 480. The highest BCUT2D eigenvalue weighted by molar-refractivity contribution is 7.91.